The Balaban J connectivity index is 1.80. The van der Waals surface area contributed by atoms with E-state index in [1.807, 2.05) is 31.2 Å². The summed E-state index contributed by atoms with van der Waals surface area (Å²) in [5.41, 5.74) is 0.307. The fourth-order valence-electron chi connectivity index (χ4n) is 2.25. The number of halogens is 2. The van der Waals surface area contributed by atoms with E-state index in [-0.39, 0.29) is 28.5 Å². The molecule has 2 aromatic heterocycles. The summed E-state index contributed by atoms with van der Waals surface area (Å²) in [6.07, 6.45) is 1.25. The summed E-state index contributed by atoms with van der Waals surface area (Å²) in [6.45, 7) is 1.67. The Morgan fingerprint density at radius 1 is 1.36 bits per heavy atom. The molecule has 9 heteroatoms. The molecule has 130 valence electrons. The molecule has 1 atom stereocenters. The number of carbonyl (C=O) groups is 1. The molecule has 0 saturated heterocycles. The third kappa shape index (κ3) is 3.53. The minimum atomic E-state index is -0.594. The molecule has 3 rings (SSSR count). The van der Waals surface area contributed by atoms with Crippen molar-refractivity contribution >= 4 is 50.7 Å². The molecule has 0 radical (unpaired) electrons. The van der Waals surface area contributed by atoms with E-state index in [2.05, 4.69) is 10.1 Å². The van der Waals surface area contributed by atoms with Gasteiger partial charge in [-0.25, -0.2) is 9.67 Å². The van der Waals surface area contributed by atoms with Gasteiger partial charge < -0.3 is 4.90 Å². The number of benzene rings is 1. The van der Waals surface area contributed by atoms with Crippen molar-refractivity contribution in [2.45, 2.75) is 19.5 Å². The number of nitrogens with zero attached hydrogens (tertiary/aromatic N) is 4. The van der Waals surface area contributed by atoms with Crippen molar-refractivity contribution in [1.29, 1.82) is 0 Å². The molecule has 0 aliphatic rings. The van der Waals surface area contributed by atoms with Crippen LogP contribution < -0.4 is 5.56 Å². The number of amides is 1. The number of hydrogen-bond acceptors (Lipinski definition) is 5. The summed E-state index contributed by atoms with van der Waals surface area (Å²) in [5.74, 6) is -0.278. The number of aromatic nitrogens is 3. The van der Waals surface area contributed by atoms with Gasteiger partial charge in [0, 0.05) is 7.05 Å². The fraction of sp³-hybridized carbons (Fsp3) is 0.250. The minimum Gasteiger partial charge on any atom is -0.335 e. The van der Waals surface area contributed by atoms with E-state index in [4.69, 9.17) is 23.2 Å². The van der Waals surface area contributed by atoms with E-state index in [9.17, 15) is 9.59 Å². The van der Waals surface area contributed by atoms with Crippen LogP contribution in [-0.2, 0) is 11.3 Å². The molecule has 0 unspecified atom stereocenters. The highest BCUT2D eigenvalue weighted by Crippen LogP contribution is 2.28. The predicted octanol–water partition coefficient (Wildman–Crippen LogP) is 3.38. The Labute approximate surface area is 157 Å². The Morgan fingerprint density at radius 3 is 2.80 bits per heavy atom. The van der Waals surface area contributed by atoms with Crippen molar-refractivity contribution in [1.82, 2.24) is 19.7 Å². The van der Waals surface area contributed by atoms with E-state index in [0.29, 0.717) is 0 Å². The molecule has 25 heavy (non-hydrogen) atoms. The number of likely N-dealkylation sites (N-methyl/N-ethyl adjacent to an activating group) is 1. The highest BCUT2D eigenvalue weighted by Gasteiger charge is 2.22. The van der Waals surface area contributed by atoms with Crippen LogP contribution in [0.3, 0.4) is 0 Å². The maximum atomic E-state index is 12.5. The van der Waals surface area contributed by atoms with Gasteiger partial charge in [-0.1, -0.05) is 35.3 Å². The Morgan fingerprint density at radius 2 is 2.08 bits per heavy atom. The van der Waals surface area contributed by atoms with Gasteiger partial charge in [0.1, 0.15) is 16.6 Å². The summed E-state index contributed by atoms with van der Waals surface area (Å²) in [7, 11) is 1.67. The van der Waals surface area contributed by atoms with Gasteiger partial charge in [-0.15, -0.1) is 11.3 Å². The van der Waals surface area contributed by atoms with Crippen LogP contribution in [0.4, 0.5) is 0 Å². The lowest BCUT2D eigenvalue weighted by atomic mass is 10.3. The maximum Gasteiger partial charge on any atom is 0.287 e. The second kappa shape index (κ2) is 7.11. The Hall–Kier alpha value is -1.96. The lowest BCUT2D eigenvalue weighted by Gasteiger charge is -2.23. The zero-order valence-electron chi connectivity index (χ0n) is 13.4. The maximum absolute atomic E-state index is 12.5. The number of carbonyl (C=O) groups excluding carboxylic acids is 1. The standard InChI is InChI=1S/C16H14Cl2N4O2S/c1-9(15-20-11-5-3-4-6-12(11)25-15)21(2)13(23)8-22-16(24)14(18)10(17)7-19-22/h3-7,9H,8H2,1-2H3/t9-/m0/s1. The molecule has 0 N–H and O–H groups in total. The summed E-state index contributed by atoms with van der Waals surface area (Å²) < 4.78 is 2.06. The van der Waals surface area contributed by atoms with Gasteiger partial charge in [-0.3, -0.25) is 9.59 Å². The average molecular weight is 397 g/mol. The molecule has 3 aromatic rings. The van der Waals surface area contributed by atoms with Gasteiger partial charge in [0.2, 0.25) is 5.91 Å². The molecule has 0 aliphatic heterocycles. The average Bonchev–Trinajstić information content (AvgIpc) is 3.05. The first-order valence-electron chi connectivity index (χ1n) is 7.40. The normalized spacial score (nSPS) is 12.3. The van der Waals surface area contributed by atoms with Gasteiger partial charge in [0.25, 0.3) is 5.56 Å². The summed E-state index contributed by atoms with van der Waals surface area (Å²) >= 11 is 13.1. The number of thiazole rings is 1. The number of fused-ring (bicyclic) bond motifs is 1. The monoisotopic (exact) mass is 396 g/mol. The van der Waals surface area contributed by atoms with Crippen LogP contribution in [0.5, 0.6) is 0 Å². The molecule has 0 saturated carbocycles. The third-order valence-electron chi connectivity index (χ3n) is 3.87. The first-order chi connectivity index (χ1) is 11.9. The van der Waals surface area contributed by atoms with Crippen molar-refractivity contribution in [2.75, 3.05) is 7.05 Å². The summed E-state index contributed by atoms with van der Waals surface area (Å²) in [5, 5.41) is 4.60. The molecule has 2 heterocycles. The first-order valence-corrected chi connectivity index (χ1v) is 8.98. The van der Waals surface area contributed by atoms with Gasteiger partial charge in [0.15, 0.2) is 0 Å². The topological polar surface area (TPSA) is 68.1 Å². The lowest BCUT2D eigenvalue weighted by molar-refractivity contribution is -0.132. The Bertz CT molecular complexity index is 968. The molecule has 0 spiro atoms. The summed E-state index contributed by atoms with van der Waals surface area (Å²) in [6, 6.07) is 7.57. The van der Waals surface area contributed by atoms with Crippen molar-refractivity contribution in [3.63, 3.8) is 0 Å². The SMILES string of the molecule is C[C@@H](c1nc2ccccc2s1)N(C)C(=O)Cn1ncc(Cl)c(Cl)c1=O. The smallest absolute Gasteiger partial charge is 0.287 e. The highest BCUT2D eigenvalue weighted by atomic mass is 35.5. The van der Waals surface area contributed by atoms with Crippen LogP contribution in [-0.4, -0.2) is 32.6 Å². The van der Waals surface area contributed by atoms with Crippen molar-refractivity contribution in [3.05, 3.63) is 55.9 Å². The van der Waals surface area contributed by atoms with Crippen LogP contribution in [0, 0.1) is 0 Å². The molecule has 1 amide bonds. The molecular weight excluding hydrogens is 383 g/mol. The molecular formula is C16H14Cl2N4O2S. The minimum absolute atomic E-state index is 0.0616. The highest BCUT2D eigenvalue weighted by molar-refractivity contribution is 7.18. The number of para-hydroxylation sites is 1. The molecule has 1 aromatic carbocycles. The Kier molecular flexibility index (Phi) is 5.08. The molecule has 0 bridgehead atoms. The fourth-order valence-corrected chi connectivity index (χ4v) is 3.58. The first kappa shape index (κ1) is 17.8. The van der Waals surface area contributed by atoms with E-state index >= 15 is 0 Å². The van der Waals surface area contributed by atoms with E-state index < -0.39 is 5.56 Å². The van der Waals surface area contributed by atoms with Crippen molar-refractivity contribution in [3.8, 4) is 0 Å². The van der Waals surface area contributed by atoms with E-state index in [0.717, 1.165) is 19.9 Å². The van der Waals surface area contributed by atoms with Gasteiger partial charge in [0.05, 0.1) is 27.5 Å². The van der Waals surface area contributed by atoms with Crippen molar-refractivity contribution in [2.24, 2.45) is 0 Å². The van der Waals surface area contributed by atoms with Gasteiger partial charge >= 0.3 is 0 Å². The van der Waals surface area contributed by atoms with Crippen LogP contribution >= 0.6 is 34.5 Å². The summed E-state index contributed by atoms with van der Waals surface area (Å²) in [4.78, 5) is 30.6. The second-order valence-corrected chi connectivity index (χ2v) is 7.32. The van der Waals surface area contributed by atoms with Crippen LogP contribution in [0.25, 0.3) is 10.2 Å². The largest absolute Gasteiger partial charge is 0.335 e. The third-order valence-corrected chi connectivity index (χ3v) is 5.82. The quantitative estimate of drug-likeness (QED) is 0.677. The van der Waals surface area contributed by atoms with Crippen LogP contribution in [0.15, 0.2) is 35.3 Å². The van der Waals surface area contributed by atoms with E-state index in [1.165, 1.54) is 22.4 Å². The van der Waals surface area contributed by atoms with Gasteiger partial charge in [-0.2, -0.15) is 5.10 Å². The number of hydrogen-bond donors (Lipinski definition) is 0. The molecule has 6 nitrogen and oxygen atoms in total. The van der Waals surface area contributed by atoms with Gasteiger partial charge in [-0.05, 0) is 19.1 Å². The van der Waals surface area contributed by atoms with Crippen LogP contribution in [0.1, 0.15) is 18.0 Å². The zero-order valence-corrected chi connectivity index (χ0v) is 15.8. The van der Waals surface area contributed by atoms with Crippen LogP contribution in [0.2, 0.25) is 10.0 Å². The predicted molar refractivity (Wildman–Crippen MR) is 99.3 cm³/mol. The molecule has 0 fully saturated rings. The van der Waals surface area contributed by atoms with Crippen molar-refractivity contribution < 1.29 is 4.79 Å². The second-order valence-electron chi connectivity index (χ2n) is 5.47. The zero-order chi connectivity index (χ0) is 18.1. The van der Waals surface area contributed by atoms with E-state index in [1.54, 1.807) is 7.05 Å². The molecule has 0 aliphatic carbocycles. The number of rotatable bonds is 4. The lowest BCUT2D eigenvalue weighted by Crippen LogP contribution is -2.36.